The zero-order valence-electron chi connectivity index (χ0n) is 14.6. The third-order valence-corrected chi connectivity index (χ3v) is 6.25. The quantitative estimate of drug-likeness (QED) is 0.673. The van der Waals surface area contributed by atoms with Crippen molar-refractivity contribution in [2.45, 2.75) is 18.8 Å². The first-order chi connectivity index (χ1) is 13.1. The highest BCUT2D eigenvalue weighted by atomic mass is 35.5. The Morgan fingerprint density at radius 1 is 1.26 bits per heavy atom. The highest BCUT2D eigenvalue weighted by Gasteiger charge is 2.24. The van der Waals surface area contributed by atoms with Crippen LogP contribution in [-0.4, -0.2) is 35.4 Å². The summed E-state index contributed by atoms with van der Waals surface area (Å²) in [6.45, 7) is 1.90. The minimum Gasteiger partial charge on any atom is -0.322 e. The molecule has 1 aliphatic heterocycles. The monoisotopic (exact) mass is 403 g/mol. The number of aromatic nitrogens is 1. The van der Waals surface area contributed by atoms with Gasteiger partial charge in [-0.1, -0.05) is 23.7 Å². The van der Waals surface area contributed by atoms with Crippen molar-refractivity contribution in [1.82, 2.24) is 9.88 Å². The number of likely N-dealkylation sites (tertiary alicyclic amines) is 1. The molecule has 0 spiro atoms. The van der Waals surface area contributed by atoms with Crippen molar-refractivity contribution in [2.24, 2.45) is 0 Å². The van der Waals surface area contributed by atoms with Crippen LogP contribution >= 0.6 is 22.9 Å². The molecule has 2 aromatic carbocycles. The maximum atomic E-state index is 13.7. The van der Waals surface area contributed by atoms with E-state index in [-0.39, 0.29) is 18.1 Å². The smallest absolute Gasteiger partial charge is 0.238 e. The average Bonchev–Trinajstić information content (AvgIpc) is 3.09. The minimum absolute atomic E-state index is 0.122. The Morgan fingerprint density at radius 2 is 2.04 bits per heavy atom. The second kappa shape index (κ2) is 7.92. The minimum atomic E-state index is -0.484. The van der Waals surface area contributed by atoms with Crippen molar-refractivity contribution in [3.05, 3.63) is 58.3 Å². The number of carbonyl (C=O) groups excluding carboxylic acids is 1. The van der Waals surface area contributed by atoms with Gasteiger partial charge in [-0.25, -0.2) is 9.37 Å². The van der Waals surface area contributed by atoms with Crippen molar-refractivity contribution in [1.29, 1.82) is 0 Å². The van der Waals surface area contributed by atoms with Crippen LogP contribution in [0.25, 0.3) is 10.2 Å². The number of nitrogens with one attached hydrogen (secondary N) is 1. The van der Waals surface area contributed by atoms with E-state index in [1.807, 2.05) is 18.2 Å². The summed E-state index contributed by atoms with van der Waals surface area (Å²) < 4.78 is 15.0. The van der Waals surface area contributed by atoms with Gasteiger partial charge in [-0.15, -0.1) is 11.3 Å². The van der Waals surface area contributed by atoms with Gasteiger partial charge in [0.25, 0.3) is 0 Å². The number of fused-ring (bicyclic) bond motifs is 1. The largest absolute Gasteiger partial charge is 0.322 e. The lowest BCUT2D eigenvalue weighted by atomic mass is 9.97. The molecule has 1 fully saturated rings. The van der Waals surface area contributed by atoms with Crippen LogP contribution in [0.2, 0.25) is 5.02 Å². The average molecular weight is 404 g/mol. The second-order valence-electron chi connectivity index (χ2n) is 6.74. The van der Waals surface area contributed by atoms with E-state index in [4.69, 9.17) is 16.6 Å². The number of nitrogens with zero attached hydrogens (tertiary/aromatic N) is 2. The normalized spacial score (nSPS) is 15.9. The molecule has 4 rings (SSSR count). The van der Waals surface area contributed by atoms with Gasteiger partial charge in [-0.05, 0) is 56.3 Å². The van der Waals surface area contributed by atoms with Crippen LogP contribution in [0.4, 0.5) is 10.1 Å². The van der Waals surface area contributed by atoms with Gasteiger partial charge in [0.15, 0.2) is 0 Å². The predicted octanol–water partition coefficient (Wildman–Crippen LogP) is 4.91. The van der Waals surface area contributed by atoms with Gasteiger partial charge in [0.1, 0.15) is 5.82 Å². The van der Waals surface area contributed by atoms with E-state index in [1.54, 1.807) is 11.3 Å². The van der Waals surface area contributed by atoms with Crippen LogP contribution in [0.5, 0.6) is 0 Å². The summed E-state index contributed by atoms with van der Waals surface area (Å²) in [7, 11) is 0. The molecule has 4 nitrogen and oxygen atoms in total. The SMILES string of the molecule is O=C(CN1CCC(c2nc3ccccc3s2)CC1)Nc1cc(Cl)ccc1F. The number of hydrogen-bond donors (Lipinski definition) is 1. The summed E-state index contributed by atoms with van der Waals surface area (Å²) in [6, 6.07) is 12.3. The number of carbonyl (C=O) groups is 1. The lowest BCUT2D eigenvalue weighted by molar-refractivity contribution is -0.117. The number of rotatable bonds is 4. The summed E-state index contributed by atoms with van der Waals surface area (Å²) in [5.74, 6) is -0.274. The van der Waals surface area contributed by atoms with Gasteiger partial charge in [-0.2, -0.15) is 0 Å². The van der Waals surface area contributed by atoms with Gasteiger partial charge in [0.05, 0.1) is 27.5 Å². The summed E-state index contributed by atoms with van der Waals surface area (Å²) in [6.07, 6.45) is 1.94. The summed E-state index contributed by atoms with van der Waals surface area (Å²) in [5, 5.41) is 4.18. The number of thiazole rings is 1. The molecule has 27 heavy (non-hydrogen) atoms. The van der Waals surface area contributed by atoms with Crippen LogP contribution in [0.1, 0.15) is 23.8 Å². The predicted molar refractivity (Wildman–Crippen MR) is 108 cm³/mol. The molecular formula is C20H19ClFN3OS. The Balaban J connectivity index is 1.32. The van der Waals surface area contributed by atoms with Crippen molar-refractivity contribution < 1.29 is 9.18 Å². The number of para-hydroxylation sites is 1. The molecule has 1 saturated heterocycles. The fraction of sp³-hybridized carbons (Fsp3) is 0.300. The van der Waals surface area contributed by atoms with Gasteiger partial charge in [0.2, 0.25) is 5.91 Å². The van der Waals surface area contributed by atoms with Gasteiger partial charge in [-0.3, -0.25) is 9.69 Å². The Kier molecular flexibility index (Phi) is 5.38. The lowest BCUT2D eigenvalue weighted by Crippen LogP contribution is -2.38. The molecule has 0 bridgehead atoms. The highest BCUT2D eigenvalue weighted by Crippen LogP contribution is 2.33. The molecule has 1 N–H and O–H groups in total. The molecular weight excluding hydrogens is 385 g/mol. The molecule has 1 aliphatic rings. The van der Waals surface area contributed by atoms with E-state index < -0.39 is 5.82 Å². The van der Waals surface area contributed by atoms with Gasteiger partial charge < -0.3 is 5.32 Å². The van der Waals surface area contributed by atoms with Crippen LogP contribution in [0.3, 0.4) is 0 Å². The first kappa shape index (κ1) is 18.3. The van der Waals surface area contributed by atoms with E-state index in [0.29, 0.717) is 10.9 Å². The number of benzene rings is 2. The zero-order valence-corrected chi connectivity index (χ0v) is 16.2. The van der Waals surface area contributed by atoms with Crippen molar-refractivity contribution in [3.8, 4) is 0 Å². The molecule has 0 radical (unpaired) electrons. The number of hydrogen-bond acceptors (Lipinski definition) is 4. The van der Waals surface area contributed by atoms with Crippen LogP contribution in [0, 0.1) is 5.82 Å². The molecule has 2 heterocycles. The summed E-state index contributed by atoms with van der Waals surface area (Å²) in [4.78, 5) is 19.1. The van der Waals surface area contributed by atoms with Crippen LogP contribution in [-0.2, 0) is 4.79 Å². The third kappa shape index (κ3) is 4.29. The van der Waals surface area contributed by atoms with E-state index in [2.05, 4.69) is 16.3 Å². The van der Waals surface area contributed by atoms with Crippen LogP contribution < -0.4 is 5.32 Å². The fourth-order valence-corrected chi connectivity index (χ4v) is 4.70. The molecule has 1 aromatic heterocycles. The van der Waals surface area contributed by atoms with E-state index in [9.17, 15) is 9.18 Å². The van der Waals surface area contributed by atoms with Crippen molar-refractivity contribution >= 4 is 44.7 Å². The van der Waals surface area contributed by atoms with E-state index in [1.165, 1.54) is 27.9 Å². The van der Waals surface area contributed by atoms with Crippen LogP contribution in [0.15, 0.2) is 42.5 Å². The fourth-order valence-electron chi connectivity index (χ4n) is 3.39. The third-order valence-electron chi connectivity index (χ3n) is 4.82. The molecule has 0 saturated carbocycles. The van der Waals surface area contributed by atoms with Gasteiger partial charge in [0, 0.05) is 10.9 Å². The molecule has 0 atom stereocenters. The number of anilines is 1. The topological polar surface area (TPSA) is 45.2 Å². The first-order valence-corrected chi connectivity index (χ1v) is 10.1. The van der Waals surface area contributed by atoms with Crippen molar-refractivity contribution in [3.63, 3.8) is 0 Å². The van der Waals surface area contributed by atoms with Crippen molar-refractivity contribution in [2.75, 3.05) is 25.0 Å². The number of piperidine rings is 1. The summed E-state index contributed by atoms with van der Waals surface area (Å²) >= 11 is 7.62. The highest BCUT2D eigenvalue weighted by molar-refractivity contribution is 7.18. The Labute approximate surface area is 166 Å². The maximum Gasteiger partial charge on any atom is 0.238 e. The molecule has 3 aromatic rings. The first-order valence-electron chi connectivity index (χ1n) is 8.91. The summed E-state index contributed by atoms with van der Waals surface area (Å²) in [5.41, 5.74) is 1.18. The Bertz CT molecular complexity index is 936. The molecule has 1 amide bonds. The molecule has 140 valence electrons. The second-order valence-corrected chi connectivity index (χ2v) is 8.24. The molecule has 0 aliphatic carbocycles. The zero-order chi connectivity index (χ0) is 18.8. The number of halogens is 2. The maximum absolute atomic E-state index is 13.7. The Hall–Kier alpha value is -2.02. The molecule has 0 unspecified atom stereocenters. The number of amides is 1. The Morgan fingerprint density at radius 3 is 2.81 bits per heavy atom. The standard InChI is InChI=1S/C20H19ClFN3OS/c21-14-5-6-15(22)17(11-14)23-19(26)12-25-9-7-13(8-10-25)20-24-16-3-1-2-4-18(16)27-20/h1-6,11,13H,7-10,12H2,(H,23,26). The molecule has 7 heteroatoms. The lowest BCUT2D eigenvalue weighted by Gasteiger charge is -2.30. The van der Waals surface area contributed by atoms with E-state index >= 15 is 0 Å². The van der Waals surface area contributed by atoms with Gasteiger partial charge >= 0.3 is 0 Å². The van der Waals surface area contributed by atoms with E-state index in [0.717, 1.165) is 31.4 Å².